The van der Waals surface area contributed by atoms with Crippen LogP contribution in [0.15, 0.2) is 78.9 Å². The van der Waals surface area contributed by atoms with Gasteiger partial charge in [-0.25, -0.2) is 8.42 Å². The summed E-state index contributed by atoms with van der Waals surface area (Å²) in [4.78, 5) is 29.2. The van der Waals surface area contributed by atoms with Crippen LogP contribution < -0.4 is 9.62 Å². The van der Waals surface area contributed by atoms with Crippen LogP contribution in [0, 0.1) is 0 Å². The SMILES string of the molecule is CS(=O)(=O)N(CC(=O)N(Cc1ccccc1)[C@H](Cc1ccccc1)C(=O)NC1CCCC1)c1ccc(Cl)c(C(F)(F)F)c1. The number of alkyl halides is 3. The topological polar surface area (TPSA) is 86.8 Å². The zero-order valence-electron chi connectivity index (χ0n) is 23.6. The van der Waals surface area contributed by atoms with E-state index in [9.17, 15) is 31.2 Å². The first-order chi connectivity index (χ1) is 20.3. The van der Waals surface area contributed by atoms with Gasteiger partial charge in [0, 0.05) is 19.0 Å². The minimum absolute atomic E-state index is 0.0265. The minimum Gasteiger partial charge on any atom is -0.352 e. The third-order valence-electron chi connectivity index (χ3n) is 7.39. The fraction of sp³-hybridized carbons (Fsp3) is 0.355. The van der Waals surface area contributed by atoms with Crippen molar-refractivity contribution in [2.24, 2.45) is 0 Å². The molecule has 1 aliphatic carbocycles. The number of nitrogens with one attached hydrogen (secondary N) is 1. The maximum atomic E-state index is 14.1. The summed E-state index contributed by atoms with van der Waals surface area (Å²) >= 11 is 5.76. The first kappa shape index (κ1) is 32.3. The first-order valence-corrected chi connectivity index (χ1v) is 16.1. The maximum Gasteiger partial charge on any atom is 0.417 e. The van der Waals surface area contributed by atoms with Crippen molar-refractivity contribution in [3.63, 3.8) is 0 Å². The Bertz CT molecular complexity index is 1520. The van der Waals surface area contributed by atoms with Crippen molar-refractivity contribution in [2.45, 2.75) is 56.9 Å². The van der Waals surface area contributed by atoms with Crippen molar-refractivity contribution < 1.29 is 31.2 Å². The van der Waals surface area contributed by atoms with Crippen molar-refractivity contribution >= 4 is 39.1 Å². The Kier molecular flexibility index (Phi) is 10.4. The molecule has 1 saturated carbocycles. The lowest BCUT2D eigenvalue weighted by molar-refractivity contribution is -0.140. The number of amides is 2. The Hall–Kier alpha value is -3.57. The van der Waals surface area contributed by atoms with Gasteiger partial charge >= 0.3 is 6.18 Å². The molecule has 1 aliphatic rings. The molecule has 4 rings (SSSR count). The summed E-state index contributed by atoms with van der Waals surface area (Å²) in [6, 6.07) is 19.6. The van der Waals surface area contributed by atoms with Gasteiger partial charge in [-0.3, -0.25) is 13.9 Å². The molecule has 0 radical (unpaired) electrons. The number of halogens is 4. The van der Waals surface area contributed by atoms with Crippen molar-refractivity contribution in [2.75, 3.05) is 17.1 Å². The van der Waals surface area contributed by atoms with E-state index in [1.807, 2.05) is 30.3 Å². The van der Waals surface area contributed by atoms with Gasteiger partial charge in [0.2, 0.25) is 21.8 Å². The number of nitrogens with zero attached hydrogens (tertiary/aromatic N) is 2. The van der Waals surface area contributed by atoms with Crippen molar-refractivity contribution in [1.29, 1.82) is 0 Å². The molecule has 0 bridgehead atoms. The number of anilines is 1. The van der Waals surface area contributed by atoms with E-state index in [4.69, 9.17) is 11.6 Å². The van der Waals surface area contributed by atoms with Crippen molar-refractivity contribution in [3.05, 3.63) is 101 Å². The lowest BCUT2D eigenvalue weighted by atomic mass is 10.0. The van der Waals surface area contributed by atoms with E-state index in [2.05, 4.69) is 5.32 Å². The summed E-state index contributed by atoms with van der Waals surface area (Å²) in [6.07, 6.45) is -0.310. The van der Waals surface area contributed by atoms with Gasteiger partial charge in [-0.2, -0.15) is 13.2 Å². The third-order valence-corrected chi connectivity index (χ3v) is 8.86. The predicted octanol–water partition coefficient (Wildman–Crippen LogP) is 5.82. The molecule has 3 aromatic rings. The molecule has 12 heteroatoms. The molecular weight excluding hydrogens is 603 g/mol. The van der Waals surface area contributed by atoms with Crippen molar-refractivity contribution in [1.82, 2.24) is 10.2 Å². The largest absolute Gasteiger partial charge is 0.417 e. The van der Waals surface area contributed by atoms with E-state index in [-0.39, 0.29) is 30.6 Å². The molecule has 43 heavy (non-hydrogen) atoms. The van der Waals surface area contributed by atoms with Crippen LogP contribution in [0.5, 0.6) is 0 Å². The van der Waals surface area contributed by atoms with Gasteiger partial charge in [-0.05, 0) is 42.2 Å². The van der Waals surface area contributed by atoms with Gasteiger partial charge in [-0.1, -0.05) is 85.1 Å². The summed E-state index contributed by atoms with van der Waals surface area (Å²) < 4.78 is 67.2. The standard InChI is InChI=1S/C31H33ClF3N3O4S/c1-43(41,42)38(25-16-17-27(32)26(19-25)31(33,34)35)21-29(39)37(20-23-12-6-3-7-13-23)28(18-22-10-4-2-5-11-22)30(40)36-24-14-8-9-15-24/h2-7,10-13,16-17,19,24,28H,8-9,14-15,18,20-21H2,1H3,(H,36,40)/t28-/m1/s1. The summed E-state index contributed by atoms with van der Waals surface area (Å²) in [5.41, 5.74) is -0.124. The molecule has 2 amide bonds. The van der Waals surface area contributed by atoms with Crippen LogP contribution in [-0.4, -0.2) is 50.0 Å². The second-order valence-corrected chi connectivity index (χ2v) is 12.9. The van der Waals surface area contributed by atoms with E-state index in [0.717, 1.165) is 49.6 Å². The molecule has 7 nitrogen and oxygen atoms in total. The van der Waals surface area contributed by atoms with Gasteiger partial charge in [0.25, 0.3) is 0 Å². The Morgan fingerprint density at radius 2 is 1.53 bits per heavy atom. The summed E-state index contributed by atoms with van der Waals surface area (Å²) in [6.45, 7) is -0.853. The molecule has 0 spiro atoms. The molecule has 1 N–H and O–H groups in total. The highest BCUT2D eigenvalue weighted by atomic mass is 35.5. The Balaban J connectivity index is 1.74. The molecule has 0 heterocycles. The summed E-state index contributed by atoms with van der Waals surface area (Å²) in [5, 5.41) is 2.46. The fourth-order valence-electron chi connectivity index (χ4n) is 5.20. The minimum atomic E-state index is -4.85. The average Bonchev–Trinajstić information content (AvgIpc) is 3.47. The van der Waals surface area contributed by atoms with E-state index in [1.54, 1.807) is 30.3 Å². The first-order valence-electron chi connectivity index (χ1n) is 13.8. The van der Waals surface area contributed by atoms with Crippen LogP contribution in [0.1, 0.15) is 42.4 Å². The van der Waals surface area contributed by atoms with E-state index >= 15 is 0 Å². The fourth-order valence-corrected chi connectivity index (χ4v) is 6.27. The van der Waals surface area contributed by atoms with Gasteiger partial charge in [-0.15, -0.1) is 0 Å². The molecule has 1 atom stereocenters. The van der Waals surface area contributed by atoms with Gasteiger partial charge < -0.3 is 10.2 Å². The molecule has 0 unspecified atom stereocenters. The molecule has 1 fully saturated rings. The van der Waals surface area contributed by atoms with Crippen molar-refractivity contribution in [3.8, 4) is 0 Å². The number of sulfonamides is 1. The highest BCUT2D eigenvalue weighted by Crippen LogP contribution is 2.37. The monoisotopic (exact) mass is 635 g/mol. The third kappa shape index (κ3) is 8.73. The zero-order valence-corrected chi connectivity index (χ0v) is 25.1. The number of hydrogen-bond donors (Lipinski definition) is 1. The predicted molar refractivity (Wildman–Crippen MR) is 160 cm³/mol. The highest BCUT2D eigenvalue weighted by Gasteiger charge is 2.37. The zero-order chi connectivity index (χ0) is 31.2. The van der Waals surface area contributed by atoms with Gasteiger partial charge in [0.15, 0.2) is 0 Å². The summed E-state index contributed by atoms with van der Waals surface area (Å²) in [7, 11) is -4.24. The van der Waals surface area contributed by atoms with E-state index in [1.165, 1.54) is 4.90 Å². The second-order valence-electron chi connectivity index (χ2n) is 10.6. The number of carbonyl (C=O) groups excluding carboxylic acids is 2. The average molecular weight is 636 g/mol. The Morgan fingerprint density at radius 3 is 2.09 bits per heavy atom. The molecular formula is C31H33ClF3N3O4S. The number of rotatable bonds is 11. The lowest BCUT2D eigenvalue weighted by Crippen LogP contribution is -2.54. The van der Waals surface area contributed by atoms with Crippen LogP contribution in [0.4, 0.5) is 18.9 Å². The lowest BCUT2D eigenvalue weighted by Gasteiger charge is -2.34. The smallest absolute Gasteiger partial charge is 0.352 e. The van der Waals surface area contributed by atoms with Gasteiger partial charge in [0.1, 0.15) is 12.6 Å². The Morgan fingerprint density at radius 1 is 0.953 bits per heavy atom. The quantitative estimate of drug-likeness (QED) is 0.288. The van der Waals surface area contributed by atoms with Crippen LogP contribution in [0.3, 0.4) is 0 Å². The molecule has 230 valence electrons. The van der Waals surface area contributed by atoms with E-state index < -0.39 is 45.3 Å². The number of benzene rings is 3. The summed E-state index contributed by atoms with van der Waals surface area (Å²) in [5.74, 6) is -1.13. The molecule has 3 aromatic carbocycles. The normalized spacial score (nSPS) is 14.7. The van der Waals surface area contributed by atoms with Gasteiger partial charge in [0.05, 0.1) is 22.5 Å². The highest BCUT2D eigenvalue weighted by molar-refractivity contribution is 7.92. The van der Waals surface area contributed by atoms with E-state index in [0.29, 0.717) is 15.9 Å². The Labute approximate surface area is 254 Å². The van der Waals surface area contributed by atoms with Crippen LogP contribution in [0.25, 0.3) is 0 Å². The maximum absolute atomic E-state index is 14.1. The molecule has 0 saturated heterocycles. The number of carbonyl (C=O) groups is 2. The number of hydrogen-bond acceptors (Lipinski definition) is 4. The second kappa shape index (κ2) is 13.8. The molecule has 0 aliphatic heterocycles. The van der Waals surface area contributed by atoms with Crippen LogP contribution in [-0.2, 0) is 38.8 Å². The molecule has 0 aromatic heterocycles. The van der Waals surface area contributed by atoms with Crippen LogP contribution in [0.2, 0.25) is 5.02 Å². The van der Waals surface area contributed by atoms with Crippen LogP contribution >= 0.6 is 11.6 Å².